The monoisotopic (exact) mass is 416 g/mol. The van der Waals surface area contributed by atoms with Crippen molar-refractivity contribution in [1.82, 2.24) is 14.7 Å². The van der Waals surface area contributed by atoms with Gasteiger partial charge in [-0.25, -0.2) is 13.8 Å². The summed E-state index contributed by atoms with van der Waals surface area (Å²) in [4.78, 5) is 17.3. The van der Waals surface area contributed by atoms with Crippen LogP contribution in [0.15, 0.2) is 30.5 Å². The first kappa shape index (κ1) is 21.7. The van der Waals surface area contributed by atoms with Gasteiger partial charge in [-0.05, 0) is 43.5 Å². The molecule has 0 radical (unpaired) electrons. The number of hydrogen-bond donors (Lipinski definition) is 2. The molecule has 1 aromatic carbocycles. The van der Waals surface area contributed by atoms with Gasteiger partial charge in [0, 0.05) is 6.20 Å². The maximum Gasteiger partial charge on any atom is 0.271 e. The molecule has 1 unspecified atom stereocenters. The molecule has 3 aromatic rings. The second kappa shape index (κ2) is 8.79. The van der Waals surface area contributed by atoms with Crippen molar-refractivity contribution in [2.45, 2.75) is 46.9 Å². The van der Waals surface area contributed by atoms with E-state index in [-0.39, 0.29) is 24.0 Å². The quantitative estimate of drug-likeness (QED) is 0.573. The summed E-state index contributed by atoms with van der Waals surface area (Å²) in [6.07, 6.45) is 2.10. The van der Waals surface area contributed by atoms with Gasteiger partial charge in [-0.2, -0.15) is 0 Å². The zero-order valence-corrected chi connectivity index (χ0v) is 17.5. The second-order valence-corrected chi connectivity index (χ2v) is 7.49. The minimum absolute atomic E-state index is 0.115. The average molecular weight is 416 g/mol. The molecule has 2 aromatic heterocycles. The van der Waals surface area contributed by atoms with Crippen LogP contribution in [0.25, 0.3) is 5.65 Å². The van der Waals surface area contributed by atoms with Crippen LogP contribution in [-0.4, -0.2) is 21.5 Å². The SMILES string of the molecule is CC[C@H](C)C(N)NC(=O)c1c(C)nc2c(OCc3c(F)cccc3F)cc(C)cn12. The third-order valence-corrected chi connectivity index (χ3v) is 5.20. The molecule has 0 saturated heterocycles. The van der Waals surface area contributed by atoms with Crippen molar-refractivity contribution in [2.24, 2.45) is 11.7 Å². The van der Waals surface area contributed by atoms with E-state index in [9.17, 15) is 13.6 Å². The van der Waals surface area contributed by atoms with Crippen LogP contribution in [-0.2, 0) is 6.61 Å². The van der Waals surface area contributed by atoms with Gasteiger partial charge >= 0.3 is 0 Å². The van der Waals surface area contributed by atoms with E-state index >= 15 is 0 Å². The Morgan fingerprint density at radius 2 is 1.97 bits per heavy atom. The van der Waals surface area contributed by atoms with Gasteiger partial charge in [0.25, 0.3) is 5.91 Å². The largest absolute Gasteiger partial charge is 0.485 e. The van der Waals surface area contributed by atoms with E-state index in [0.29, 0.717) is 22.8 Å². The second-order valence-electron chi connectivity index (χ2n) is 7.49. The predicted octanol–water partition coefficient (Wildman–Crippen LogP) is 3.87. The summed E-state index contributed by atoms with van der Waals surface area (Å²) in [5.74, 6) is -1.27. The smallest absolute Gasteiger partial charge is 0.271 e. The molecule has 0 aliphatic carbocycles. The lowest BCUT2D eigenvalue weighted by Crippen LogP contribution is -2.46. The highest BCUT2D eigenvalue weighted by Gasteiger charge is 2.22. The maximum absolute atomic E-state index is 13.9. The number of hydrogen-bond acceptors (Lipinski definition) is 4. The van der Waals surface area contributed by atoms with Crippen LogP contribution in [0.5, 0.6) is 5.75 Å². The van der Waals surface area contributed by atoms with Crippen molar-refractivity contribution in [3.8, 4) is 5.75 Å². The van der Waals surface area contributed by atoms with Crippen molar-refractivity contribution in [3.63, 3.8) is 0 Å². The van der Waals surface area contributed by atoms with E-state index in [1.165, 1.54) is 18.2 Å². The number of benzene rings is 1. The van der Waals surface area contributed by atoms with E-state index < -0.39 is 17.8 Å². The van der Waals surface area contributed by atoms with Crippen LogP contribution in [0.4, 0.5) is 8.78 Å². The lowest BCUT2D eigenvalue weighted by Gasteiger charge is -2.19. The molecule has 2 atom stereocenters. The van der Waals surface area contributed by atoms with E-state index in [1.807, 2.05) is 20.8 Å². The van der Waals surface area contributed by atoms with Crippen LogP contribution in [0.3, 0.4) is 0 Å². The fourth-order valence-corrected chi connectivity index (χ4v) is 3.17. The third-order valence-electron chi connectivity index (χ3n) is 5.20. The number of nitrogens with one attached hydrogen (secondary N) is 1. The molecular formula is C22H26F2N4O2. The summed E-state index contributed by atoms with van der Waals surface area (Å²) in [6.45, 7) is 7.21. The number of imidazole rings is 1. The van der Waals surface area contributed by atoms with E-state index in [0.717, 1.165) is 12.0 Å². The highest BCUT2D eigenvalue weighted by molar-refractivity contribution is 5.95. The highest BCUT2D eigenvalue weighted by atomic mass is 19.1. The average Bonchev–Trinajstić information content (AvgIpc) is 3.02. The van der Waals surface area contributed by atoms with E-state index in [4.69, 9.17) is 10.5 Å². The summed E-state index contributed by atoms with van der Waals surface area (Å²) in [5.41, 5.74) is 7.92. The van der Waals surface area contributed by atoms with Crippen LogP contribution in [0.1, 0.15) is 47.6 Å². The Morgan fingerprint density at radius 3 is 2.60 bits per heavy atom. The van der Waals surface area contributed by atoms with Crippen LogP contribution >= 0.6 is 0 Å². The number of aromatic nitrogens is 2. The first-order valence-electron chi connectivity index (χ1n) is 9.84. The zero-order valence-electron chi connectivity index (χ0n) is 17.5. The first-order valence-corrected chi connectivity index (χ1v) is 9.84. The number of carbonyl (C=O) groups is 1. The van der Waals surface area contributed by atoms with Gasteiger partial charge in [-0.1, -0.05) is 26.3 Å². The molecule has 8 heteroatoms. The molecule has 0 aliphatic rings. The fourth-order valence-electron chi connectivity index (χ4n) is 3.17. The minimum Gasteiger partial charge on any atom is -0.485 e. The molecule has 6 nitrogen and oxygen atoms in total. The third kappa shape index (κ3) is 4.28. The highest BCUT2D eigenvalue weighted by Crippen LogP contribution is 2.26. The Kier molecular flexibility index (Phi) is 6.36. The van der Waals surface area contributed by atoms with Gasteiger partial charge in [0.2, 0.25) is 0 Å². The maximum atomic E-state index is 13.9. The van der Waals surface area contributed by atoms with Crippen molar-refractivity contribution < 1.29 is 18.3 Å². The molecule has 3 N–H and O–H groups in total. The normalized spacial score (nSPS) is 13.3. The summed E-state index contributed by atoms with van der Waals surface area (Å²) < 4.78 is 35.2. The van der Waals surface area contributed by atoms with Crippen molar-refractivity contribution in [2.75, 3.05) is 0 Å². The molecule has 1 amide bonds. The molecule has 0 saturated carbocycles. The van der Waals surface area contributed by atoms with Crippen LogP contribution in [0.2, 0.25) is 0 Å². The number of halogens is 2. The molecule has 2 heterocycles. The standard InChI is InChI=1S/C22H26F2N4O2/c1-5-13(3)20(25)27-22(29)19-14(4)26-21-18(9-12(2)10-28(19)21)30-11-15-16(23)7-6-8-17(15)24/h6-10,13,20H,5,11,25H2,1-4H3,(H,27,29)/t13-,20?/m0/s1. The Morgan fingerprint density at radius 1 is 1.30 bits per heavy atom. The number of nitrogens with zero attached hydrogens (tertiary/aromatic N) is 2. The molecule has 3 rings (SSSR count). The number of rotatable bonds is 7. The van der Waals surface area contributed by atoms with E-state index in [1.54, 1.807) is 23.6 Å². The lowest BCUT2D eigenvalue weighted by atomic mass is 10.1. The summed E-state index contributed by atoms with van der Waals surface area (Å²) in [6, 6.07) is 5.37. The van der Waals surface area contributed by atoms with Gasteiger partial charge in [-0.3, -0.25) is 9.20 Å². The number of nitrogens with two attached hydrogens (primary N) is 1. The van der Waals surface area contributed by atoms with Crippen molar-refractivity contribution in [3.05, 3.63) is 64.6 Å². The van der Waals surface area contributed by atoms with Crippen LogP contribution < -0.4 is 15.8 Å². The topological polar surface area (TPSA) is 81.6 Å². The molecule has 0 spiro atoms. The number of pyridine rings is 1. The Labute approximate surface area is 174 Å². The van der Waals surface area contributed by atoms with Gasteiger partial charge < -0.3 is 15.8 Å². The molecule has 160 valence electrons. The predicted molar refractivity (Wildman–Crippen MR) is 110 cm³/mol. The van der Waals surface area contributed by atoms with Gasteiger partial charge in [-0.15, -0.1) is 0 Å². The molecule has 0 bridgehead atoms. The van der Waals surface area contributed by atoms with Gasteiger partial charge in [0.1, 0.15) is 23.9 Å². The number of carbonyl (C=O) groups excluding carboxylic acids is 1. The lowest BCUT2D eigenvalue weighted by molar-refractivity contribution is 0.0918. The van der Waals surface area contributed by atoms with Crippen molar-refractivity contribution in [1.29, 1.82) is 0 Å². The Balaban J connectivity index is 1.95. The first-order chi connectivity index (χ1) is 14.2. The van der Waals surface area contributed by atoms with E-state index in [2.05, 4.69) is 10.3 Å². The summed E-state index contributed by atoms with van der Waals surface area (Å²) >= 11 is 0. The molecule has 0 aliphatic heterocycles. The number of aryl methyl sites for hydroxylation is 2. The number of fused-ring (bicyclic) bond motifs is 1. The Hall–Kier alpha value is -3.00. The molecule has 30 heavy (non-hydrogen) atoms. The number of amides is 1. The zero-order chi connectivity index (χ0) is 22.0. The molecular weight excluding hydrogens is 390 g/mol. The Bertz CT molecular complexity index is 1060. The molecule has 0 fully saturated rings. The summed E-state index contributed by atoms with van der Waals surface area (Å²) in [7, 11) is 0. The number of ether oxygens (including phenoxy) is 1. The minimum atomic E-state index is -0.683. The van der Waals surface area contributed by atoms with Crippen molar-refractivity contribution >= 4 is 11.6 Å². The summed E-state index contributed by atoms with van der Waals surface area (Å²) in [5, 5.41) is 2.82. The van der Waals surface area contributed by atoms with Crippen LogP contribution in [0, 0.1) is 31.4 Å². The van der Waals surface area contributed by atoms with Gasteiger partial charge in [0.15, 0.2) is 11.4 Å². The van der Waals surface area contributed by atoms with Gasteiger partial charge in [0.05, 0.1) is 17.4 Å². The fraction of sp³-hybridized carbons (Fsp3) is 0.364.